The van der Waals surface area contributed by atoms with Crippen LogP contribution in [0.25, 0.3) is 0 Å². The number of aromatic hydroxyl groups is 1. The Bertz CT molecular complexity index is 1650. The van der Waals surface area contributed by atoms with Gasteiger partial charge in [-0.1, -0.05) is 24.3 Å². The van der Waals surface area contributed by atoms with Crippen molar-refractivity contribution < 1.29 is 42.7 Å². The first-order valence-corrected chi connectivity index (χ1v) is 14.2. The average Bonchev–Trinajstić information content (AvgIpc) is 3.64. The Balaban J connectivity index is 0.000000240. The molecular formula is C22H19N6O11PS2. The third-order valence-electron chi connectivity index (χ3n) is 4.73. The number of para-hydroxylation sites is 2. The van der Waals surface area contributed by atoms with Crippen molar-refractivity contribution in [2.75, 3.05) is 24.9 Å². The van der Waals surface area contributed by atoms with Gasteiger partial charge in [0.1, 0.15) is 23.9 Å². The van der Waals surface area contributed by atoms with Crippen LogP contribution >= 0.6 is 30.5 Å². The number of carbonyl (C=O) groups excluding carboxylic acids is 2. The number of nitro groups is 2. The van der Waals surface area contributed by atoms with Gasteiger partial charge in [0.15, 0.2) is 10.3 Å². The third kappa shape index (κ3) is 8.35. The molecule has 0 saturated carbocycles. The first-order valence-electron chi connectivity index (χ1n) is 11.1. The van der Waals surface area contributed by atoms with E-state index < -0.39 is 29.5 Å². The number of phenolic OH excluding ortho intramolecular Hbond substituents is 1. The van der Waals surface area contributed by atoms with Crippen LogP contribution in [0.4, 0.5) is 20.3 Å². The van der Waals surface area contributed by atoms with Gasteiger partial charge >= 0.3 is 17.8 Å². The van der Waals surface area contributed by atoms with E-state index in [2.05, 4.69) is 29.6 Å². The smallest absolute Gasteiger partial charge is 0.507 e. The van der Waals surface area contributed by atoms with Gasteiger partial charge in [-0.2, -0.15) is 0 Å². The fraction of sp³-hybridized carbons (Fsp3) is 0.0909. The summed E-state index contributed by atoms with van der Waals surface area (Å²) < 4.78 is 26.5. The number of carbonyl (C=O) groups is 2. The molecular weight excluding hydrogens is 619 g/mol. The van der Waals surface area contributed by atoms with E-state index in [1.165, 1.54) is 24.3 Å². The molecule has 20 heteroatoms. The number of nitrogens with zero attached hydrogens (tertiary/aromatic N) is 4. The van der Waals surface area contributed by atoms with E-state index in [1.54, 1.807) is 24.3 Å². The van der Waals surface area contributed by atoms with Crippen LogP contribution in [0, 0.1) is 20.2 Å². The largest absolute Gasteiger partial charge is 0.529 e. The molecule has 0 aliphatic carbocycles. The Hall–Kier alpha value is -4.81. The van der Waals surface area contributed by atoms with Crippen molar-refractivity contribution in [2.24, 2.45) is 0 Å². The molecule has 0 radical (unpaired) electrons. The summed E-state index contributed by atoms with van der Waals surface area (Å²) in [6, 6.07) is 11.9. The minimum Gasteiger partial charge on any atom is -0.507 e. The van der Waals surface area contributed by atoms with Crippen LogP contribution in [0.1, 0.15) is 20.7 Å². The predicted octanol–water partition coefficient (Wildman–Crippen LogP) is 5.09. The monoisotopic (exact) mass is 638 g/mol. The van der Waals surface area contributed by atoms with E-state index >= 15 is 0 Å². The van der Waals surface area contributed by atoms with E-state index in [1.807, 2.05) is 0 Å². The number of anilines is 2. The van der Waals surface area contributed by atoms with Gasteiger partial charge in [0.2, 0.25) is 0 Å². The highest BCUT2D eigenvalue weighted by Gasteiger charge is 2.27. The van der Waals surface area contributed by atoms with Gasteiger partial charge in [0, 0.05) is 14.2 Å². The van der Waals surface area contributed by atoms with Gasteiger partial charge in [-0.05, 0) is 46.9 Å². The number of phosphoric acid groups is 1. The van der Waals surface area contributed by atoms with Crippen molar-refractivity contribution in [3.63, 3.8) is 0 Å². The standard InChI is InChI=1S/C12H12N3O7PS.C10H7N3O4S/c1-20-23(19,21-2)22-9-6-4-3-5-8(9)11(16)14-12-13-7-10(24-12)15(17)18;14-7-4-2-1-3-6(7)9(15)12-10-11-5-8(18-10)13(16)17/h3-7H,1-2H3,(H,13,14,16);1-5,14H,(H,11,12,15). The summed E-state index contributed by atoms with van der Waals surface area (Å²) >= 11 is 1.45. The molecule has 0 aliphatic heterocycles. The molecule has 3 N–H and O–H groups in total. The van der Waals surface area contributed by atoms with Crippen LogP contribution in [-0.4, -0.2) is 51.0 Å². The molecule has 4 aromatic rings. The Labute approximate surface area is 243 Å². The molecule has 42 heavy (non-hydrogen) atoms. The van der Waals surface area contributed by atoms with Gasteiger partial charge in [-0.25, -0.2) is 14.5 Å². The fourth-order valence-corrected chi connectivity index (χ4v) is 4.77. The number of benzene rings is 2. The van der Waals surface area contributed by atoms with E-state index in [4.69, 9.17) is 4.52 Å². The molecule has 0 unspecified atom stereocenters. The maximum Gasteiger partial charge on any atom is 0.529 e. The van der Waals surface area contributed by atoms with Crippen molar-refractivity contribution in [1.29, 1.82) is 0 Å². The van der Waals surface area contributed by atoms with Crippen LogP contribution < -0.4 is 15.2 Å². The van der Waals surface area contributed by atoms with Crippen molar-refractivity contribution in [1.82, 2.24) is 9.97 Å². The molecule has 17 nitrogen and oxygen atoms in total. The normalized spacial score (nSPS) is 10.6. The number of phenols is 1. The van der Waals surface area contributed by atoms with Crippen LogP contribution in [0.2, 0.25) is 0 Å². The van der Waals surface area contributed by atoms with Crippen LogP contribution in [-0.2, 0) is 13.6 Å². The lowest BCUT2D eigenvalue weighted by molar-refractivity contribution is -0.380. The molecule has 0 saturated heterocycles. The number of amides is 2. The zero-order chi connectivity index (χ0) is 30.9. The number of phosphoric ester groups is 1. The molecule has 2 aromatic carbocycles. The van der Waals surface area contributed by atoms with Gasteiger partial charge in [-0.3, -0.25) is 49.5 Å². The Morgan fingerprint density at radius 1 is 0.833 bits per heavy atom. The number of nitrogens with one attached hydrogen (secondary N) is 2. The van der Waals surface area contributed by atoms with E-state index in [0.717, 1.165) is 38.0 Å². The van der Waals surface area contributed by atoms with Crippen molar-refractivity contribution in [2.45, 2.75) is 0 Å². The number of aromatic nitrogens is 2. The number of hydrogen-bond donors (Lipinski definition) is 3. The Kier molecular flexibility index (Phi) is 10.7. The number of hydrogen-bond acceptors (Lipinski definition) is 15. The summed E-state index contributed by atoms with van der Waals surface area (Å²) in [6.45, 7) is 0. The zero-order valence-corrected chi connectivity index (χ0v) is 23.9. The minimum absolute atomic E-state index is 0.0321. The van der Waals surface area contributed by atoms with Gasteiger partial charge in [0.05, 0.1) is 21.0 Å². The average molecular weight is 639 g/mol. The maximum absolute atomic E-state index is 12.3. The summed E-state index contributed by atoms with van der Waals surface area (Å²) in [4.78, 5) is 51.4. The highest BCUT2D eigenvalue weighted by molar-refractivity contribution is 7.48. The minimum atomic E-state index is -3.84. The summed E-state index contributed by atoms with van der Waals surface area (Å²) in [6.07, 6.45) is 2.10. The van der Waals surface area contributed by atoms with Crippen molar-refractivity contribution >= 4 is 62.6 Å². The van der Waals surface area contributed by atoms with Gasteiger partial charge < -0.3 is 9.63 Å². The van der Waals surface area contributed by atoms with E-state index in [0.29, 0.717) is 11.3 Å². The summed E-state index contributed by atoms with van der Waals surface area (Å²) in [5.74, 6) is -1.42. The molecule has 2 aromatic heterocycles. The molecule has 220 valence electrons. The SMILES string of the molecule is COP(=O)(OC)Oc1ccccc1C(=O)Nc1ncc([N+](=O)[O-])s1.O=C(Nc1ncc([N+](=O)[O-])s1)c1ccccc1O. The predicted molar refractivity (Wildman–Crippen MR) is 150 cm³/mol. The molecule has 4 rings (SSSR count). The molecule has 0 aliphatic rings. The maximum atomic E-state index is 12.3. The van der Waals surface area contributed by atoms with Crippen LogP contribution in [0.3, 0.4) is 0 Å². The lowest BCUT2D eigenvalue weighted by Gasteiger charge is -2.16. The summed E-state index contributed by atoms with van der Waals surface area (Å²) in [7, 11) is -1.56. The third-order valence-corrected chi connectivity index (χ3v) is 7.77. The second kappa shape index (κ2) is 14.2. The second-order valence-electron chi connectivity index (χ2n) is 7.35. The van der Waals surface area contributed by atoms with Crippen LogP contribution in [0.5, 0.6) is 11.5 Å². The van der Waals surface area contributed by atoms with Crippen molar-refractivity contribution in [3.05, 3.63) is 92.3 Å². The number of rotatable bonds is 10. The van der Waals surface area contributed by atoms with Gasteiger partial charge in [0.25, 0.3) is 11.8 Å². The van der Waals surface area contributed by atoms with E-state index in [-0.39, 0.29) is 42.9 Å². The Morgan fingerprint density at radius 3 is 1.74 bits per heavy atom. The molecule has 0 atom stereocenters. The molecule has 0 bridgehead atoms. The van der Waals surface area contributed by atoms with Crippen LogP contribution in [0.15, 0.2) is 60.9 Å². The van der Waals surface area contributed by atoms with Gasteiger partial charge in [-0.15, -0.1) is 0 Å². The lowest BCUT2D eigenvalue weighted by atomic mass is 10.2. The highest BCUT2D eigenvalue weighted by atomic mass is 32.1. The quantitative estimate of drug-likeness (QED) is 0.117. The first kappa shape index (κ1) is 31.7. The number of thiazole rings is 2. The zero-order valence-electron chi connectivity index (χ0n) is 21.4. The highest BCUT2D eigenvalue weighted by Crippen LogP contribution is 2.48. The van der Waals surface area contributed by atoms with Crippen molar-refractivity contribution in [3.8, 4) is 11.5 Å². The molecule has 2 amide bonds. The lowest BCUT2D eigenvalue weighted by Crippen LogP contribution is -2.13. The molecule has 0 fully saturated rings. The second-order valence-corrected chi connectivity index (χ2v) is 11.2. The fourth-order valence-electron chi connectivity index (χ4n) is 2.81. The molecule has 2 heterocycles. The molecule has 0 spiro atoms. The van der Waals surface area contributed by atoms with E-state index in [9.17, 15) is 39.5 Å². The Morgan fingerprint density at radius 2 is 1.29 bits per heavy atom. The summed E-state index contributed by atoms with van der Waals surface area (Å²) in [5.41, 5.74) is 0.111. The first-order chi connectivity index (χ1) is 20.0. The summed E-state index contributed by atoms with van der Waals surface area (Å²) in [5, 5.41) is 35.1. The topological polar surface area (TPSA) is 235 Å².